The van der Waals surface area contributed by atoms with Gasteiger partial charge in [0, 0.05) is 11.1 Å². The molecule has 2 aliphatic heterocycles. The molecule has 2 rings (SSSR count). The van der Waals surface area contributed by atoms with Crippen molar-refractivity contribution in [2.75, 3.05) is 13.2 Å². The van der Waals surface area contributed by atoms with E-state index in [9.17, 15) is 8.66 Å². The van der Waals surface area contributed by atoms with Crippen molar-refractivity contribution in [3.8, 4) is 0 Å². The van der Waals surface area contributed by atoms with Gasteiger partial charge in [-0.15, -0.1) is 0 Å². The number of esters is 1. The molecule has 2 fully saturated rings. The van der Waals surface area contributed by atoms with Gasteiger partial charge in [-0.3, -0.25) is 4.84 Å². The molecule has 0 bridgehead atoms. The summed E-state index contributed by atoms with van der Waals surface area (Å²) in [5, 5.41) is 5.24. The third-order valence-electron chi connectivity index (χ3n) is 11.0. The number of carbonyl (C=O) groups is 1. The normalized spacial score (nSPS) is 21.2. The average molecular weight is 768 g/mol. The van der Waals surface area contributed by atoms with Gasteiger partial charge < -0.3 is 0 Å². The van der Waals surface area contributed by atoms with E-state index in [-0.39, 0.29) is 39.1 Å². The summed E-state index contributed by atoms with van der Waals surface area (Å²) in [6, 6.07) is 0. The molecule has 7 nitrogen and oxygen atoms in total. The van der Waals surface area contributed by atoms with Crippen LogP contribution < -0.4 is 0 Å². The first-order chi connectivity index (χ1) is 24.1. The molecular weight excluding hydrogens is 683 g/mol. The van der Waals surface area contributed by atoms with Gasteiger partial charge in [0.05, 0.1) is 6.61 Å². The van der Waals surface area contributed by atoms with Crippen LogP contribution in [0.4, 0.5) is 0 Å². The van der Waals surface area contributed by atoms with Gasteiger partial charge in [-0.05, 0) is 34.1 Å². The van der Waals surface area contributed by atoms with E-state index in [4.69, 9.17) is 14.4 Å². The van der Waals surface area contributed by atoms with Crippen molar-refractivity contribution in [2.45, 2.75) is 255 Å². The summed E-state index contributed by atoms with van der Waals surface area (Å²) in [5.74, 6) is -0.0605. The van der Waals surface area contributed by atoms with E-state index in [1.165, 1.54) is 64.2 Å². The average Bonchev–Trinajstić information content (AvgIpc) is 3.02. The summed E-state index contributed by atoms with van der Waals surface area (Å²) in [5.41, 5.74) is -0.620. The molecule has 0 amide bonds. The Morgan fingerprint density at radius 1 is 0.549 bits per heavy atom. The van der Waals surface area contributed by atoms with Crippen LogP contribution in [0.2, 0.25) is 10.2 Å². The Bertz CT molecular complexity index is 947. The Morgan fingerprint density at radius 3 is 1.37 bits per heavy atom. The van der Waals surface area contributed by atoms with Crippen molar-refractivity contribution in [3.05, 3.63) is 0 Å². The number of nitrogens with zero attached hydrogens (tertiary/aromatic N) is 2. The van der Waals surface area contributed by atoms with Gasteiger partial charge >= 0.3 is 214 Å². The Hall–Kier alpha value is -0.384. The second kappa shape index (κ2) is 23.5. The molecular formula is C43H84CoN2O5. The van der Waals surface area contributed by atoms with Crippen LogP contribution in [-0.2, 0) is 36.7 Å². The van der Waals surface area contributed by atoms with Crippen molar-refractivity contribution in [2.24, 2.45) is 0 Å². The van der Waals surface area contributed by atoms with Crippen LogP contribution in [0.5, 0.6) is 0 Å². The number of carbonyl (C=O) groups excluding carboxylic acids is 1. The first-order valence-corrected chi connectivity index (χ1v) is 23.1. The molecule has 0 unspecified atom stereocenters. The molecule has 2 heterocycles. The molecule has 0 spiro atoms. The van der Waals surface area contributed by atoms with E-state index in [0.717, 1.165) is 95.6 Å². The van der Waals surface area contributed by atoms with Gasteiger partial charge in [0.15, 0.2) is 0 Å². The van der Waals surface area contributed by atoms with Gasteiger partial charge in [0.2, 0.25) is 0 Å². The number of hydrogen-bond donors (Lipinski definition) is 0. The maximum absolute atomic E-state index is 13.5. The van der Waals surface area contributed by atoms with E-state index in [1.807, 2.05) is 0 Å². The van der Waals surface area contributed by atoms with Crippen LogP contribution >= 0.6 is 0 Å². The van der Waals surface area contributed by atoms with Crippen LogP contribution in [0.1, 0.15) is 217 Å². The second-order valence-corrected chi connectivity index (χ2v) is 20.7. The Morgan fingerprint density at radius 2 is 0.922 bits per heavy atom. The summed E-state index contributed by atoms with van der Waals surface area (Å²) in [6.07, 6.45) is 25.3. The summed E-state index contributed by atoms with van der Waals surface area (Å²) in [4.78, 5) is 25.8. The standard InChI is InChI=1S/C26H50NO3.C17H34NO.Co.O/c1-7-9-11-13-15-17-19-24(28)30-23-21-25(3,4)27(26(5,6)22-23)29-20-18-16-14-12-10-8-2;1-6-7-8-9-10-11-15-19-18-16(2,3)13-12-14-17(18,4)5;;/h23H,1,7-22H2,2-6H3;12H,6-11,13-15H2,1-5H3;;. The van der Waals surface area contributed by atoms with E-state index in [0.29, 0.717) is 6.42 Å². The van der Waals surface area contributed by atoms with E-state index < -0.39 is 13.6 Å². The van der Waals surface area contributed by atoms with Crippen molar-refractivity contribution < 1.29 is 36.7 Å². The summed E-state index contributed by atoms with van der Waals surface area (Å²) >= 11 is -1.21. The zero-order chi connectivity index (χ0) is 38.0. The molecule has 0 atom stereocenters. The molecule has 8 heteroatoms. The van der Waals surface area contributed by atoms with Gasteiger partial charge in [0.1, 0.15) is 0 Å². The third-order valence-corrected chi connectivity index (χ3v) is 13.3. The topological polar surface area (TPSA) is 68.3 Å². The Labute approximate surface area is 320 Å². The molecule has 2 aliphatic rings. The Kier molecular flexibility index (Phi) is 21.6. The molecule has 0 aliphatic carbocycles. The van der Waals surface area contributed by atoms with E-state index in [1.54, 1.807) is 0 Å². The second-order valence-electron chi connectivity index (χ2n) is 18.4. The number of unbranched alkanes of at least 4 members (excludes halogenated alkanes) is 15. The van der Waals surface area contributed by atoms with Crippen molar-refractivity contribution in [1.82, 2.24) is 10.1 Å². The van der Waals surface area contributed by atoms with Crippen LogP contribution in [0.25, 0.3) is 0 Å². The van der Waals surface area contributed by atoms with Crippen molar-refractivity contribution in [1.29, 1.82) is 0 Å². The van der Waals surface area contributed by atoms with Crippen LogP contribution in [-0.4, -0.2) is 57.6 Å². The third kappa shape index (κ3) is 17.3. The van der Waals surface area contributed by atoms with Gasteiger partial charge in [-0.25, -0.2) is 0 Å². The summed E-state index contributed by atoms with van der Waals surface area (Å²) in [6.45, 7) is 23.9. The predicted octanol–water partition coefficient (Wildman–Crippen LogP) is 12.7. The number of rotatable bonds is 27. The molecule has 0 N–H and O–H groups in total. The summed E-state index contributed by atoms with van der Waals surface area (Å²) < 4.78 is 19.5. The number of ether oxygens (including phenoxy) is 1. The molecule has 0 saturated carbocycles. The van der Waals surface area contributed by atoms with E-state index >= 15 is 0 Å². The quantitative estimate of drug-likeness (QED) is 0.0609. The molecule has 0 radical (unpaired) electrons. The molecule has 2 saturated heterocycles. The minimum atomic E-state index is -1.21. The predicted molar refractivity (Wildman–Crippen MR) is 209 cm³/mol. The zero-order valence-corrected chi connectivity index (χ0v) is 36.3. The molecule has 0 aromatic carbocycles. The monoisotopic (exact) mass is 768 g/mol. The fourth-order valence-corrected chi connectivity index (χ4v) is 11.4. The minimum absolute atomic E-state index is 0.0605. The molecule has 305 valence electrons. The fraction of sp³-hybridized carbons (Fsp3) is 0.977. The van der Waals surface area contributed by atoms with Gasteiger partial charge in [0.25, 0.3) is 0 Å². The maximum atomic E-state index is 13.5. The zero-order valence-electron chi connectivity index (χ0n) is 35.3. The van der Waals surface area contributed by atoms with Crippen LogP contribution in [0.15, 0.2) is 0 Å². The minimum Gasteiger partial charge on any atom is -0.0444 e. The fourth-order valence-electron chi connectivity index (χ4n) is 8.84. The Balaban J connectivity index is 1.60. The summed E-state index contributed by atoms with van der Waals surface area (Å²) in [7, 11) is 0. The first kappa shape index (κ1) is 46.8. The molecule has 51 heavy (non-hydrogen) atoms. The SMILES string of the molecule is CCCCCCCCON1C(C)(C)CC(OC(=O)CCCCCCC[CH2][Co](=[O])[CH]2CC(C)(C)N(OCCCCCCCC)C(C)(C)C2)CC1(C)C. The number of hydrogen-bond acceptors (Lipinski definition) is 7. The van der Waals surface area contributed by atoms with Crippen LogP contribution in [0, 0.1) is 0 Å². The van der Waals surface area contributed by atoms with Gasteiger partial charge in [-0.2, -0.15) is 5.06 Å². The van der Waals surface area contributed by atoms with Gasteiger partial charge in [-0.1, -0.05) is 46.0 Å². The van der Waals surface area contributed by atoms with Crippen LogP contribution in [0.3, 0.4) is 0 Å². The molecule has 0 aromatic heterocycles. The number of piperidine rings is 2. The first-order valence-electron chi connectivity index (χ1n) is 21.4. The van der Waals surface area contributed by atoms with Crippen molar-refractivity contribution >= 4 is 5.97 Å². The molecule has 0 aromatic rings. The van der Waals surface area contributed by atoms with Crippen molar-refractivity contribution in [3.63, 3.8) is 0 Å². The number of hydroxylamine groups is 4. The smallest absolute Gasteiger partial charge is 0.0444 e. The van der Waals surface area contributed by atoms with E-state index in [2.05, 4.69) is 79.4 Å².